The maximum Gasteiger partial charge on any atom is 0.326 e. The van der Waals surface area contributed by atoms with E-state index in [9.17, 15) is 9.59 Å². The van der Waals surface area contributed by atoms with Crippen LogP contribution in [0.15, 0.2) is 0 Å². The van der Waals surface area contributed by atoms with Crippen LogP contribution in [0.25, 0.3) is 0 Å². The molecule has 2 aliphatic heterocycles. The van der Waals surface area contributed by atoms with Crippen LogP contribution in [0.2, 0.25) is 0 Å². The summed E-state index contributed by atoms with van der Waals surface area (Å²) >= 11 is 0. The SMILES string of the molecule is O=C(NCC1CN2CCCC2CO1)NC(C(=O)O)C1CC1. The summed E-state index contributed by atoms with van der Waals surface area (Å²) in [6.07, 6.45) is 4.16. The van der Waals surface area contributed by atoms with Crippen molar-refractivity contribution in [2.24, 2.45) is 5.92 Å². The van der Waals surface area contributed by atoms with Gasteiger partial charge in [-0.25, -0.2) is 9.59 Å². The highest BCUT2D eigenvalue weighted by atomic mass is 16.5. The van der Waals surface area contributed by atoms with Crippen molar-refractivity contribution in [3.63, 3.8) is 0 Å². The van der Waals surface area contributed by atoms with E-state index in [1.807, 2.05) is 0 Å². The van der Waals surface area contributed by atoms with Gasteiger partial charge in [0.15, 0.2) is 0 Å². The summed E-state index contributed by atoms with van der Waals surface area (Å²) in [6.45, 7) is 3.11. The number of hydrogen-bond donors (Lipinski definition) is 3. The van der Waals surface area contributed by atoms with Crippen LogP contribution >= 0.6 is 0 Å². The van der Waals surface area contributed by atoms with E-state index >= 15 is 0 Å². The normalized spacial score (nSPS) is 30.5. The van der Waals surface area contributed by atoms with E-state index in [0.717, 1.165) is 32.5 Å². The molecule has 3 N–H and O–H groups in total. The third-order valence-corrected chi connectivity index (χ3v) is 4.60. The summed E-state index contributed by atoms with van der Waals surface area (Å²) in [5.41, 5.74) is 0. The largest absolute Gasteiger partial charge is 0.480 e. The van der Waals surface area contributed by atoms with Gasteiger partial charge in [-0.3, -0.25) is 4.90 Å². The summed E-state index contributed by atoms with van der Waals surface area (Å²) in [6, 6.07) is -0.636. The van der Waals surface area contributed by atoms with E-state index in [4.69, 9.17) is 9.84 Å². The first-order chi connectivity index (χ1) is 10.1. The number of amides is 2. The number of fused-ring (bicyclic) bond motifs is 1. The van der Waals surface area contributed by atoms with Crippen LogP contribution < -0.4 is 10.6 Å². The van der Waals surface area contributed by atoms with Crippen LogP contribution in [0.4, 0.5) is 4.79 Å². The lowest BCUT2D eigenvalue weighted by Gasteiger charge is -2.35. The average Bonchev–Trinajstić information content (AvgIpc) is 3.19. The van der Waals surface area contributed by atoms with E-state index in [-0.39, 0.29) is 12.0 Å². The fraction of sp³-hybridized carbons (Fsp3) is 0.857. The Balaban J connectivity index is 1.40. The zero-order valence-corrected chi connectivity index (χ0v) is 12.1. The molecule has 3 atom stereocenters. The van der Waals surface area contributed by atoms with E-state index < -0.39 is 18.0 Å². The maximum atomic E-state index is 11.8. The lowest BCUT2D eigenvalue weighted by atomic mass is 10.2. The first-order valence-electron chi connectivity index (χ1n) is 7.76. The van der Waals surface area contributed by atoms with Crippen molar-refractivity contribution in [3.8, 4) is 0 Å². The highest BCUT2D eigenvalue weighted by Gasteiger charge is 2.37. The molecule has 3 aliphatic rings. The molecule has 118 valence electrons. The Labute approximate surface area is 124 Å². The number of carboxylic acid groups (broad SMARTS) is 1. The van der Waals surface area contributed by atoms with Crippen molar-refractivity contribution in [1.82, 2.24) is 15.5 Å². The Hall–Kier alpha value is -1.34. The smallest absolute Gasteiger partial charge is 0.326 e. The van der Waals surface area contributed by atoms with E-state index in [0.29, 0.717) is 12.6 Å². The fourth-order valence-corrected chi connectivity index (χ4v) is 3.22. The lowest BCUT2D eigenvalue weighted by molar-refractivity contribution is -0.139. The van der Waals surface area contributed by atoms with Crippen LogP contribution in [0, 0.1) is 5.92 Å². The zero-order chi connectivity index (χ0) is 14.8. The van der Waals surface area contributed by atoms with Gasteiger partial charge in [0, 0.05) is 19.1 Å². The minimum atomic E-state index is -0.957. The molecule has 3 rings (SSSR count). The van der Waals surface area contributed by atoms with E-state index in [1.165, 1.54) is 12.8 Å². The number of nitrogens with one attached hydrogen (secondary N) is 2. The van der Waals surface area contributed by atoms with E-state index in [1.54, 1.807) is 0 Å². The Morgan fingerprint density at radius 2 is 2.14 bits per heavy atom. The summed E-state index contributed by atoms with van der Waals surface area (Å²) in [5, 5.41) is 14.4. The summed E-state index contributed by atoms with van der Waals surface area (Å²) < 4.78 is 5.75. The Morgan fingerprint density at radius 1 is 1.33 bits per heavy atom. The zero-order valence-electron chi connectivity index (χ0n) is 12.1. The molecule has 2 heterocycles. The number of carbonyl (C=O) groups is 2. The number of urea groups is 1. The average molecular weight is 297 g/mol. The van der Waals surface area contributed by atoms with Crippen molar-refractivity contribution >= 4 is 12.0 Å². The van der Waals surface area contributed by atoms with Crippen LogP contribution in [0.3, 0.4) is 0 Å². The van der Waals surface area contributed by atoms with Gasteiger partial charge in [-0.1, -0.05) is 0 Å². The number of morpholine rings is 1. The number of ether oxygens (including phenoxy) is 1. The molecule has 21 heavy (non-hydrogen) atoms. The molecular formula is C14H23N3O4. The number of hydrogen-bond acceptors (Lipinski definition) is 4. The molecule has 7 nitrogen and oxygen atoms in total. The first kappa shape index (κ1) is 14.6. The Bertz CT molecular complexity index is 413. The monoisotopic (exact) mass is 297 g/mol. The van der Waals surface area contributed by atoms with Gasteiger partial charge in [0.2, 0.25) is 0 Å². The van der Waals surface area contributed by atoms with Gasteiger partial charge >= 0.3 is 12.0 Å². The first-order valence-corrected chi connectivity index (χ1v) is 7.76. The van der Waals surface area contributed by atoms with Crippen LogP contribution in [-0.2, 0) is 9.53 Å². The van der Waals surface area contributed by atoms with Crippen molar-refractivity contribution in [2.45, 2.75) is 43.9 Å². The summed E-state index contributed by atoms with van der Waals surface area (Å²) in [5.74, 6) is -0.869. The molecule has 2 amide bonds. The number of rotatable bonds is 5. The molecule has 0 spiro atoms. The van der Waals surface area contributed by atoms with Crippen LogP contribution in [0.1, 0.15) is 25.7 Å². The molecule has 1 aliphatic carbocycles. The predicted octanol–water partition coefficient (Wildman–Crippen LogP) is 0.0120. The molecule has 0 aromatic rings. The van der Waals surface area contributed by atoms with Crippen LogP contribution in [0.5, 0.6) is 0 Å². The molecule has 0 radical (unpaired) electrons. The summed E-state index contributed by atoms with van der Waals surface area (Å²) in [7, 11) is 0. The summed E-state index contributed by atoms with van der Waals surface area (Å²) in [4.78, 5) is 25.3. The molecule has 0 bridgehead atoms. The van der Waals surface area contributed by atoms with E-state index in [2.05, 4.69) is 15.5 Å². The molecule has 1 saturated carbocycles. The molecule has 0 aromatic carbocycles. The van der Waals surface area contributed by atoms with Crippen molar-refractivity contribution in [3.05, 3.63) is 0 Å². The third-order valence-electron chi connectivity index (χ3n) is 4.60. The number of carbonyl (C=O) groups excluding carboxylic acids is 1. The van der Waals surface area contributed by atoms with Gasteiger partial charge in [0.05, 0.1) is 12.7 Å². The highest BCUT2D eigenvalue weighted by molar-refractivity contribution is 5.83. The Kier molecular flexibility index (Phi) is 4.30. The highest BCUT2D eigenvalue weighted by Crippen LogP contribution is 2.32. The Morgan fingerprint density at radius 3 is 2.86 bits per heavy atom. The number of carboxylic acids is 1. The molecular weight excluding hydrogens is 274 g/mol. The standard InChI is InChI=1S/C14H23N3O4/c18-13(19)12(9-3-4-9)16-14(20)15-6-11-7-17-5-1-2-10(17)8-21-11/h9-12H,1-8H2,(H,18,19)(H2,15,16,20). The van der Waals surface area contributed by atoms with Gasteiger partial charge in [0.25, 0.3) is 0 Å². The lowest BCUT2D eigenvalue weighted by Crippen LogP contribution is -2.53. The van der Waals surface area contributed by atoms with Gasteiger partial charge in [-0.2, -0.15) is 0 Å². The maximum absolute atomic E-state index is 11.8. The topological polar surface area (TPSA) is 90.9 Å². The molecule has 3 unspecified atom stereocenters. The van der Waals surface area contributed by atoms with Gasteiger partial charge < -0.3 is 20.5 Å². The second kappa shape index (κ2) is 6.19. The fourth-order valence-electron chi connectivity index (χ4n) is 3.22. The van der Waals surface area contributed by atoms with Gasteiger partial charge in [-0.05, 0) is 38.1 Å². The molecule has 3 fully saturated rings. The minimum absolute atomic E-state index is 0.00527. The second-order valence-electron chi connectivity index (χ2n) is 6.25. The predicted molar refractivity (Wildman–Crippen MR) is 75.0 cm³/mol. The number of nitrogens with zero attached hydrogens (tertiary/aromatic N) is 1. The van der Waals surface area contributed by atoms with Crippen molar-refractivity contribution < 1.29 is 19.4 Å². The van der Waals surface area contributed by atoms with Crippen molar-refractivity contribution in [2.75, 3.05) is 26.2 Å². The third kappa shape index (κ3) is 3.65. The molecule has 7 heteroatoms. The molecule has 2 saturated heterocycles. The minimum Gasteiger partial charge on any atom is -0.480 e. The van der Waals surface area contributed by atoms with Crippen molar-refractivity contribution in [1.29, 1.82) is 0 Å². The van der Waals surface area contributed by atoms with Crippen LogP contribution in [-0.4, -0.2) is 66.4 Å². The quantitative estimate of drug-likeness (QED) is 0.665. The number of aliphatic carboxylic acids is 1. The van der Waals surface area contributed by atoms with Gasteiger partial charge in [-0.15, -0.1) is 0 Å². The van der Waals surface area contributed by atoms with Gasteiger partial charge in [0.1, 0.15) is 6.04 Å². The molecule has 0 aromatic heterocycles. The second-order valence-corrected chi connectivity index (χ2v) is 6.25.